The van der Waals surface area contributed by atoms with Crippen LogP contribution in [0.5, 0.6) is 0 Å². The Morgan fingerprint density at radius 3 is 2.83 bits per heavy atom. The second-order valence-electron chi connectivity index (χ2n) is 3.99. The number of hydrogen-bond donors (Lipinski definition) is 0. The number of amides is 1. The van der Waals surface area contributed by atoms with E-state index in [0.29, 0.717) is 11.9 Å². The Bertz CT molecular complexity index is 419. The van der Waals surface area contributed by atoms with Crippen LogP contribution in [0.2, 0.25) is 0 Å². The van der Waals surface area contributed by atoms with Crippen LogP contribution in [0.3, 0.4) is 0 Å². The maximum absolute atomic E-state index is 11.5. The number of carbonyl (C=O) groups excluding carboxylic acids is 1. The number of thioether (sulfide) groups is 1. The van der Waals surface area contributed by atoms with Crippen molar-refractivity contribution in [2.45, 2.75) is 23.5 Å². The van der Waals surface area contributed by atoms with E-state index in [4.69, 9.17) is 4.74 Å². The van der Waals surface area contributed by atoms with Crippen LogP contribution in [0.4, 0.5) is 4.79 Å². The minimum Gasteiger partial charge on any atom is -0.449 e. The van der Waals surface area contributed by atoms with Crippen LogP contribution in [0, 0.1) is 0 Å². The standard InChI is InChI=1S/C14H17NO2S/c1-2-17-14(16)15-10-8-13(9-11-15)18-12-6-4-3-5-7-12/h3-8,10,13H,2,9,11H2,1H3. The highest BCUT2D eigenvalue weighted by Gasteiger charge is 2.19. The van der Waals surface area contributed by atoms with Crippen molar-refractivity contribution in [3.63, 3.8) is 0 Å². The Balaban J connectivity index is 1.88. The Hall–Kier alpha value is -1.42. The molecule has 4 heteroatoms. The first-order chi connectivity index (χ1) is 8.79. The van der Waals surface area contributed by atoms with Crippen LogP contribution < -0.4 is 0 Å². The highest BCUT2D eigenvalue weighted by atomic mass is 32.2. The van der Waals surface area contributed by atoms with Gasteiger partial charge in [-0.05, 0) is 25.5 Å². The van der Waals surface area contributed by atoms with Crippen molar-refractivity contribution in [2.75, 3.05) is 13.2 Å². The summed E-state index contributed by atoms with van der Waals surface area (Å²) in [6, 6.07) is 10.3. The molecule has 96 valence electrons. The van der Waals surface area contributed by atoms with E-state index in [9.17, 15) is 4.79 Å². The monoisotopic (exact) mass is 263 g/mol. The molecule has 0 fully saturated rings. The molecule has 1 aliphatic rings. The summed E-state index contributed by atoms with van der Waals surface area (Å²) in [6.07, 6.45) is 4.60. The van der Waals surface area contributed by atoms with Crippen molar-refractivity contribution in [1.29, 1.82) is 0 Å². The van der Waals surface area contributed by atoms with Crippen molar-refractivity contribution in [1.82, 2.24) is 4.90 Å². The van der Waals surface area contributed by atoms with Gasteiger partial charge in [-0.25, -0.2) is 4.79 Å². The predicted molar refractivity (Wildman–Crippen MR) is 73.6 cm³/mol. The third-order valence-corrected chi connectivity index (χ3v) is 3.91. The van der Waals surface area contributed by atoms with Gasteiger partial charge in [-0.2, -0.15) is 0 Å². The quantitative estimate of drug-likeness (QED) is 0.835. The molecule has 1 amide bonds. The van der Waals surface area contributed by atoms with Crippen molar-refractivity contribution in [2.24, 2.45) is 0 Å². The van der Waals surface area contributed by atoms with Gasteiger partial charge in [0.05, 0.1) is 6.61 Å². The van der Waals surface area contributed by atoms with Crippen LogP contribution in [0.15, 0.2) is 47.5 Å². The number of nitrogens with zero attached hydrogens (tertiary/aromatic N) is 1. The largest absolute Gasteiger partial charge is 0.449 e. The summed E-state index contributed by atoms with van der Waals surface area (Å²) in [6.45, 7) is 2.96. The van der Waals surface area contributed by atoms with E-state index < -0.39 is 0 Å². The first-order valence-electron chi connectivity index (χ1n) is 6.13. The van der Waals surface area contributed by atoms with Gasteiger partial charge in [0.2, 0.25) is 0 Å². The van der Waals surface area contributed by atoms with Crippen molar-refractivity contribution in [3.8, 4) is 0 Å². The molecular weight excluding hydrogens is 246 g/mol. The number of benzene rings is 1. The van der Waals surface area contributed by atoms with Crippen molar-refractivity contribution >= 4 is 17.9 Å². The Labute approximate surface area is 112 Å². The maximum Gasteiger partial charge on any atom is 0.413 e. The van der Waals surface area contributed by atoms with E-state index in [0.717, 1.165) is 13.0 Å². The average Bonchev–Trinajstić information content (AvgIpc) is 2.41. The third kappa shape index (κ3) is 3.53. The summed E-state index contributed by atoms with van der Waals surface area (Å²) < 4.78 is 4.96. The summed E-state index contributed by atoms with van der Waals surface area (Å²) in [5, 5.41) is 0.429. The molecule has 0 bridgehead atoms. The summed E-state index contributed by atoms with van der Waals surface area (Å²) in [5.74, 6) is 0. The normalized spacial score (nSPS) is 18.7. The third-order valence-electron chi connectivity index (χ3n) is 2.67. The fourth-order valence-corrected chi connectivity index (χ4v) is 2.80. The highest BCUT2D eigenvalue weighted by molar-refractivity contribution is 8.00. The lowest BCUT2D eigenvalue weighted by Crippen LogP contribution is -2.32. The fourth-order valence-electron chi connectivity index (χ4n) is 1.77. The van der Waals surface area contributed by atoms with Crippen LogP contribution in [0.25, 0.3) is 0 Å². The van der Waals surface area contributed by atoms with E-state index in [2.05, 4.69) is 18.2 Å². The molecule has 18 heavy (non-hydrogen) atoms. The zero-order chi connectivity index (χ0) is 12.8. The molecule has 3 nitrogen and oxygen atoms in total. The van der Waals surface area contributed by atoms with Gasteiger partial charge in [-0.15, -0.1) is 11.8 Å². The number of hydrogen-bond acceptors (Lipinski definition) is 3. The van der Waals surface area contributed by atoms with Gasteiger partial charge < -0.3 is 4.74 Å². The number of rotatable bonds is 3. The molecule has 1 aromatic rings. The van der Waals surface area contributed by atoms with E-state index in [1.807, 2.05) is 43.1 Å². The van der Waals surface area contributed by atoms with Crippen LogP contribution in [-0.4, -0.2) is 29.4 Å². The van der Waals surface area contributed by atoms with Gasteiger partial charge in [0.15, 0.2) is 0 Å². The average molecular weight is 263 g/mol. The predicted octanol–water partition coefficient (Wildman–Crippen LogP) is 3.52. The summed E-state index contributed by atoms with van der Waals surface area (Å²) in [4.78, 5) is 14.4. The highest BCUT2D eigenvalue weighted by Crippen LogP contribution is 2.28. The molecular formula is C14H17NO2S. The molecule has 0 aliphatic carbocycles. The van der Waals surface area contributed by atoms with Crippen LogP contribution >= 0.6 is 11.8 Å². The maximum atomic E-state index is 11.5. The lowest BCUT2D eigenvalue weighted by molar-refractivity contribution is 0.121. The van der Waals surface area contributed by atoms with Gasteiger partial charge in [0, 0.05) is 22.9 Å². The second kappa shape index (κ2) is 6.50. The molecule has 1 aliphatic heterocycles. The Morgan fingerprint density at radius 2 is 2.22 bits per heavy atom. The Kier molecular flexibility index (Phi) is 4.70. The number of ether oxygens (including phenoxy) is 1. The Morgan fingerprint density at radius 1 is 1.44 bits per heavy atom. The molecule has 0 radical (unpaired) electrons. The number of carbonyl (C=O) groups is 1. The molecule has 0 spiro atoms. The van der Waals surface area contributed by atoms with E-state index in [-0.39, 0.29) is 6.09 Å². The van der Waals surface area contributed by atoms with Gasteiger partial charge in [0.25, 0.3) is 0 Å². The molecule has 2 rings (SSSR count). The van der Waals surface area contributed by atoms with Gasteiger partial charge in [-0.3, -0.25) is 4.90 Å². The molecule has 0 saturated heterocycles. The van der Waals surface area contributed by atoms with Crippen LogP contribution in [-0.2, 0) is 4.74 Å². The minimum atomic E-state index is -0.253. The summed E-state index contributed by atoms with van der Waals surface area (Å²) in [7, 11) is 0. The van der Waals surface area contributed by atoms with Gasteiger partial charge >= 0.3 is 6.09 Å². The van der Waals surface area contributed by atoms with Crippen LogP contribution in [0.1, 0.15) is 13.3 Å². The molecule has 1 atom stereocenters. The zero-order valence-corrected chi connectivity index (χ0v) is 11.2. The smallest absolute Gasteiger partial charge is 0.413 e. The van der Waals surface area contributed by atoms with E-state index >= 15 is 0 Å². The van der Waals surface area contributed by atoms with E-state index in [1.165, 1.54) is 4.90 Å². The first-order valence-corrected chi connectivity index (χ1v) is 7.01. The lowest BCUT2D eigenvalue weighted by atomic mass is 10.2. The molecule has 1 heterocycles. The molecule has 1 aromatic carbocycles. The first kappa shape index (κ1) is 13.0. The molecule has 0 saturated carbocycles. The van der Waals surface area contributed by atoms with Crippen molar-refractivity contribution < 1.29 is 9.53 Å². The SMILES string of the molecule is CCOC(=O)N1C=CC(Sc2ccccc2)CC1. The molecule has 0 N–H and O–H groups in total. The van der Waals surface area contributed by atoms with E-state index in [1.54, 1.807) is 4.90 Å². The summed E-state index contributed by atoms with van der Waals surface area (Å²) >= 11 is 1.83. The summed E-state index contributed by atoms with van der Waals surface area (Å²) in [5.41, 5.74) is 0. The molecule has 0 aromatic heterocycles. The van der Waals surface area contributed by atoms with Gasteiger partial charge in [-0.1, -0.05) is 24.3 Å². The fraction of sp³-hybridized carbons (Fsp3) is 0.357. The molecule has 1 unspecified atom stereocenters. The topological polar surface area (TPSA) is 29.5 Å². The lowest BCUT2D eigenvalue weighted by Gasteiger charge is -2.25. The minimum absolute atomic E-state index is 0.253. The van der Waals surface area contributed by atoms with Crippen molar-refractivity contribution in [3.05, 3.63) is 42.6 Å². The van der Waals surface area contributed by atoms with Gasteiger partial charge in [0.1, 0.15) is 0 Å². The zero-order valence-electron chi connectivity index (χ0n) is 10.4. The second-order valence-corrected chi connectivity index (χ2v) is 5.30.